The normalized spacial score (nSPS) is 12.9. The lowest BCUT2D eigenvalue weighted by atomic mass is 9.98. The van der Waals surface area contributed by atoms with Gasteiger partial charge in [0.05, 0.1) is 0 Å². The Morgan fingerprint density at radius 2 is 1.57 bits per heavy atom. The summed E-state index contributed by atoms with van der Waals surface area (Å²) < 4.78 is 5.57. The van der Waals surface area contributed by atoms with Gasteiger partial charge in [-0.15, -0.1) is 0 Å². The zero-order valence-corrected chi connectivity index (χ0v) is 19.2. The van der Waals surface area contributed by atoms with Crippen molar-refractivity contribution < 1.29 is 29.3 Å². The van der Waals surface area contributed by atoms with E-state index in [0.29, 0.717) is 11.3 Å². The summed E-state index contributed by atoms with van der Waals surface area (Å²) in [5.74, 6) is -1.93. The number of aliphatic hydroxyl groups is 1. The van der Waals surface area contributed by atoms with Gasteiger partial charge in [0.2, 0.25) is 0 Å². The van der Waals surface area contributed by atoms with Crippen molar-refractivity contribution in [3.8, 4) is 11.1 Å². The van der Waals surface area contributed by atoms with E-state index >= 15 is 0 Å². The van der Waals surface area contributed by atoms with E-state index in [9.17, 15) is 19.5 Å². The number of carbonyl (C=O) groups is 3. The van der Waals surface area contributed by atoms with E-state index in [2.05, 4.69) is 22.8 Å². The van der Waals surface area contributed by atoms with Crippen molar-refractivity contribution in [1.29, 1.82) is 0 Å². The van der Waals surface area contributed by atoms with E-state index in [1.807, 2.05) is 36.4 Å². The summed E-state index contributed by atoms with van der Waals surface area (Å²) in [6.07, 6.45) is -0.770. The third-order valence-electron chi connectivity index (χ3n) is 6.18. The van der Waals surface area contributed by atoms with Crippen LogP contribution in [0, 0.1) is 6.92 Å². The van der Waals surface area contributed by atoms with Crippen LogP contribution in [0.15, 0.2) is 66.7 Å². The SMILES string of the molecule is Cc1c(NC(=O)OCC2c3ccccc3-c3ccccc32)cccc1C(=O)N[C@H](CCO)C(=O)O. The molecule has 3 aromatic rings. The molecular formula is C27H26N2O6. The fourth-order valence-electron chi connectivity index (χ4n) is 4.38. The molecule has 3 aromatic carbocycles. The molecule has 1 atom stereocenters. The molecule has 0 heterocycles. The van der Waals surface area contributed by atoms with Crippen LogP contribution in [-0.4, -0.2) is 47.4 Å². The number of hydrogen-bond donors (Lipinski definition) is 4. The quantitative estimate of drug-likeness (QED) is 0.392. The molecule has 35 heavy (non-hydrogen) atoms. The number of rotatable bonds is 8. The molecule has 0 bridgehead atoms. The minimum absolute atomic E-state index is 0.0779. The summed E-state index contributed by atoms with van der Waals surface area (Å²) >= 11 is 0. The molecule has 0 unspecified atom stereocenters. The number of ether oxygens (including phenoxy) is 1. The Morgan fingerprint density at radius 3 is 2.17 bits per heavy atom. The van der Waals surface area contributed by atoms with Crippen LogP contribution in [-0.2, 0) is 9.53 Å². The summed E-state index contributed by atoms with van der Waals surface area (Å²) in [7, 11) is 0. The van der Waals surface area contributed by atoms with E-state index in [-0.39, 0.29) is 31.1 Å². The maximum atomic E-state index is 12.6. The van der Waals surface area contributed by atoms with Crippen molar-refractivity contribution in [3.05, 3.63) is 89.0 Å². The first-order chi connectivity index (χ1) is 16.9. The molecular weight excluding hydrogens is 448 g/mol. The Balaban J connectivity index is 1.44. The number of carboxylic acid groups (broad SMARTS) is 1. The molecule has 0 fully saturated rings. The molecule has 1 aliphatic rings. The Kier molecular flexibility index (Phi) is 7.12. The zero-order valence-electron chi connectivity index (χ0n) is 19.2. The molecule has 8 nitrogen and oxygen atoms in total. The number of nitrogens with one attached hydrogen (secondary N) is 2. The number of carbonyl (C=O) groups excluding carboxylic acids is 2. The third kappa shape index (κ3) is 5.02. The van der Waals surface area contributed by atoms with Gasteiger partial charge < -0.3 is 20.3 Å². The van der Waals surface area contributed by atoms with Gasteiger partial charge >= 0.3 is 12.1 Å². The summed E-state index contributed by atoms with van der Waals surface area (Å²) in [6, 6.07) is 19.6. The minimum atomic E-state index is -1.24. The fraction of sp³-hybridized carbons (Fsp3) is 0.222. The molecule has 4 N–H and O–H groups in total. The van der Waals surface area contributed by atoms with E-state index in [0.717, 1.165) is 22.3 Å². The predicted octanol–water partition coefficient (Wildman–Crippen LogP) is 3.92. The second-order valence-electron chi connectivity index (χ2n) is 8.31. The monoisotopic (exact) mass is 474 g/mol. The standard InChI is InChI=1S/C27H26N2O6/c1-16-17(25(31)28-24(13-14-30)26(32)33)11-6-12-23(16)29-27(34)35-15-22-20-9-4-2-7-18(20)19-8-3-5-10-21(19)22/h2-12,22,24,30H,13-15H2,1H3,(H,28,31)(H,29,34)(H,32,33)/t24-/m1/s1. The van der Waals surface area contributed by atoms with Crippen molar-refractivity contribution in [2.45, 2.75) is 25.3 Å². The molecule has 2 amide bonds. The zero-order chi connectivity index (χ0) is 24.9. The fourth-order valence-corrected chi connectivity index (χ4v) is 4.38. The number of carboxylic acids is 1. The van der Waals surface area contributed by atoms with Crippen LogP contribution in [0.3, 0.4) is 0 Å². The topological polar surface area (TPSA) is 125 Å². The summed E-state index contributed by atoms with van der Waals surface area (Å²) in [6.45, 7) is 1.43. The molecule has 0 saturated carbocycles. The first kappa shape index (κ1) is 24.0. The highest BCUT2D eigenvalue weighted by molar-refractivity contribution is 6.00. The average molecular weight is 475 g/mol. The number of anilines is 1. The van der Waals surface area contributed by atoms with Gasteiger partial charge in [-0.3, -0.25) is 10.1 Å². The maximum absolute atomic E-state index is 12.6. The summed E-state index contributed by atoms with van der Waals surface area (Å²) in [5.41, 5.74) is 5.53. The average Bonchev–Trinajstić information content (AvgIpc) is 3.17. The van der Waals surface area contributed by atoms with Crippen molar-refractivity contribution in [1.82, 2.24) is 5.32 Å². The molecule has 0 aliphatic heterocycles. The number of amides is 2. The summed E-state index contributed by atoms with van der Waals surface area (Å²) in [5, 5.41) is 23.3. The Hall–Kier alpha value is -4.17. The van der Waals surface area contributed by atoms with Crippen LogP contribution in [0.1, 0.15) is 39.4 Å². The summed E-state index contributed by atoms with van der Waals surface area (Å²) in [4.78, 5) is 36.6. The molecule has 4 rings (SSSR count). The van der Waals surface area contributed by atoms with Gasteiger partial charge in [-0.25, -0.2) is 9.59 Å². The van der Waals surface area contributed by atoms with E-state index in [1.54, 1.807) is 19.1 Å². The highest BCUT2D eigenvalue weighted by Gasteiger charge is 2.29. The molecule has 8 heteroatoms. The van der Waals surface area contributed by atoms with Gasteiger partial charge in [0.15, 0.2) is 0 Å². The lowest BCUT2D eigenvalue weighted by molar-refractivity contribution is -0.139. The second-order valence-corrected chi connectivity index (χ2v) is 8.31. The number of hydrogen-bond acceptors (Lipinski definition) is 5. The minimum Gasteiger partial charge on any atom is -0.480 e. The number of benzene rings is 3. The van der Waals surface area contributed by atoms with Gasteiger partial charge in [-0.1, -0.05) is 54.6 Å². The van der Waals surface area contributed by atoms with Gasteiger partial charge in [-0.2, -0.15) is 0 Å². The molecule has 0 spiro atoms. The Labute approximate surface area is 202 Å². The van der Waals surface area contributed by atoms with E-state index < -0.39 is 24.0 Å². The number of aliphatic hydroxyl groups excluding tert-OH is 1. The van der Waals surface area contributed by atoms with Crippen molar-refractivity contribution in [2.24, 2.45) is 0 Å². The highest BCUT2D eigenvalue weighted by Crippen LogP contribution is 2.44. The second kappa shape index (κ2) is 10.4. The molecule has 0 saturated heterocycles. The Morgan fingerprint density at radius 1 is 0.943 bits per heavy atom. The predicted molar refractivity (Wildman–Crippen MR) is 130 cm³/mol. The highest BCUT2D eigenvalue weighted by atomic mass is 16.5. The number of fused-ring (bicyclic) bond motifs is 3. The first-order valence-corrected chi connectivity index (χ1v) is 11.3. The van der Waals surface area contributed by atoms with Crippen LogP contribution >= 0.6 is 0 Å². The van der Waals surface area contributed by atoms with Crippen molar-refractivity contribution >= 4 is 23.7 Å². The van der Waals surface area contributed by atoms with Gasteiger partial charge in [0.25, 0.3) is 5.91 Å². The number of aliphatic carboxylic acids is 1. The smallest absolute Gasteiger partial charge is 0.411 e. The van der Waals surface area contributed by atoms with Gasteiger partial charge in [-0.05, 0) is 46.9 Å². The van der Waals surface area contributed by atoms with E-state index in [1.165, 1.54) is 6.07 Å². The molecule has 0 aromatic heterocycles. The van der Waals surface area contributed by atoms with Crippen molar-refractivity contribution in [2.75, 3.05) is 18.5 Å². The first-order valence-electron chi connectivity index (χ1n) is 11.3. The van der Waals surface area contributed by atoms with Gasteiger partial charge in [0, 0.05) is 30.2 Å². The van der Waals surface area contributed by atoms with Crippen LogP contribution in [0.4, 0.5) is 10.5 Å². The lowest BCUT2D eigenvalue weighted by Gasteiger charge is -2.17. The van der Waals surface area contributed by atoms with E-state index in [4.69, 9.17) is 9.84 Å². The Bertz CT molecular complexity index is 1230. The lowest BCUT2D eigenvalue weighted by Crippen LogP contribution is -2.41. The van der Waals surface area contributed by atoms with Crippen LogP contribution < -0.4 is 10.6 Å². The largest absolute Gasteiger partial charge is 0.480 e. The van der Waals surface area contributed by atoms with Crippen LogP contribution in [0.2, 0.25) is 0 Å². The van der Waals surface area contributed by atoms with Crippen LogP contribution in [0.25, 0.3) is 11.1 Å². The molecule has 0 radical (unpaired) electrons. The third-order valence-corrected chi connectivity index (χ3v) is 6.18. The molecule has 1 aliphatic carbocycles. The maximum Gasteiger partial charge on any atom is 0.411 e. The molecule has 180 valence electrons. The van der Waals surface area contributed by atoms with Crippen LogP contribution in [0.5, 0.6) is 0 Å². The van der Waals surface area contributed by atoms with Gasteiger partial charge in [0.1, 0.15) is 12.6 Å². The van der Waals surface area contributed by atoms with Crippen molar-refractivity contribution in [3.63, 3.8) is 0 Å².